The van der Waals surface area contributed by atoms with Crippen LogP contribution in [0.4, 0.5) is 5.69 Å². The van der Waals surface area contributed by atoms with Crippen molar-refractivity contribution < 1.29 is 0 Å². The molecule has 3 nitrogen and oxygen atoms in total. The highest BCUT2D eigenvalue weighted by Crippen LogP contribution is 2.13. The number of halogens is 1. The zero-order valence-electron chi connectivity index (χ0n) is 13.4. The molecule has 0 saturated heterocycles. The Labute approximate surface area is 150 Å². The van der Waals surface area contributed by atoms with Gasteiger partial charge in [0.2, 0.25) is 0 Å². The lowest BCUT2D eigenvalue weighted by Gasteiger charge is -2.08. The van der Waals surface area contributed by atoms with E-state index in [-0.39, 0.29) is 24.0 Å². The topological polar surface area (TPSA) is 50.4 Å². The molecule has 0 aliphatic heterocycles. The molecule has 0 unspecified atom stereocenters. The van der Waals surface area contributed by atoms with Crippen molar-refractivity contribution in [3.8, 4) is 0 Å². The molecule has 0 radical (unpaired) electrons. The van der Waals surface area contributed by atoms with Crippen LogP contribution in [0.1, 0.15) is 22.3 Å². The lowest BCUT2D eigenvalue weighted by molar-refractivity contribution is 0.962. The maximum Gasteiger partial charge on any atom is 0.193 e. The van der Waals surface area contributed by atoms with Crippen molar-refractivity contribution >= 4 is 35.6 Å². The van der Waals surface area contributed by atoms with Crippen molar-refractivity contribution in [2.75, 3.05) is 11.9 Å². The van der Waals surface area contributed by atoms with Gasteiger partial charge in [-0.15, -0.1) is 24.0 Å². The standard InChI is InChI=1S/C18H23N3.HI/c1-13-5-4-6-16(11-13)9-10-20-18(19)21-17-8-7-14(2)15(3)12-17;/h4-8,11-12H,9-10H2,1-3H3,(H3,19,20,21);1H. The quantitative estimate of drug-likeness (QED) is 0.452. The Hall–Kier alpha value is -1.56. The summed E-state index contributed by atoms with van der Waals surface area (Å²) in [6.07, 6.45) is 0.900. The van der Waals surface area contributed by atoms with Gasteiger partial charge in [-0.3, -0.25) is 4.99 Å². The first-order valence-corrected chi connectivity index (χ1v) is 7.24. The van der Waals surface area contributed by atoms with E-state index < -0.39 is 0 Å². The van der Waals surface area contributed by atoms with Gasteiger partial charge in [0.25, 0.3) is 0 Å². The fourth-order valence-corrected chi connectivity index (χ4v) is 2.18. The van der Waals surface area contributed by atoms with Crippen LogP contribution in [0.15, 0.2) is 47.5 Å². The number of nitrogens with zero attached hydrogens (tertiary/aromatic N) is 1. The van der Waals surface area contributed by atoms with E-state index in [1.54, 1.807) is 0 Å². The number of benzene rings is 2. The third-order valence-corrected chi connectivity index (χ3v) is 3.54. The first-order valence-electron chi connectivity index (χ1n) is 7.24. The third-order valence-electron chi connectivity index (χ3n) is 3.54. The average Bonchev–Trinajstić information content (AvgIpc) is 2.43. The summed E-state index contributed by atoms with van der Waals surface area (Å²) in [4.78, 5) is 4.38. The van der Waals surface area contributed by atoms with Crippen molar-refractivity contribution in [3.05, 3.63) is 64.7 Å². The van der Waals surface area contributed by atoms with E-state index in [2.05, 4.69) is 67.5 Å². The van der Waals surface area contributed by atoms with Crippen LogP contribution in [0.3, 0.4) is 0 Å². The Kier molecular flexibility index (Phi) is 7.38. The molecule has 2 rings (SSSR count). The molecule has 0 bridgehead atoms. The maximum absolute atomic E-state index is 5.93. The van der Waals surface area contributed by atoms with E-state index in [4.69, 9.17) is 5.73 Å². The molecule has 0 aliphatic carbocycles. The molecule has 0 aliphatic rings. The van der Waals surface area contributed by atoms with Gasteiger partial charge in [0.05, 0.1) is 0 Å². The van der Waals surface area contributed by atoms with E-state index in [1.165, 1.54) is 22.3 Å². The molecule has 0 amide bonds. The van der Waals surface area contributed by atoms with Crippen molar-refractivity contribution in [3.63, 3.8) is 0 Å². The second-order valence-electron chi connectivity index (χ2n) is 5.43. The molecule has 0 heterocycles. The lowest BCUT2D eigenvalue weighted by Crippen LogP contribution is -2.23. The highest BCUT2D eigenvalue weighted by Gasteiger charge is 1.98. The molecular weight excluding hydrogens is 385 g/mol. The number of nitrogens with one attached hydrogen (secondary N) is 1. The van der Waals surface area contributed by atoms with Crippen LogP contribution in [0.5, 0.6) is 0 Å². The van der Waals surface area contributed by atoms with E-state index in [1.807, 2.05) is 6.07 Å². The Morgan fingerprint density at radius 3 is 2.50 bits per heavy atom. The summed E-state index contributed by atoms with van der Waals surface area (Å²) in [5, 5.41) is 3.14. The highest BCUT2D eigenvalue weighted by atomic mass is 127. The first-order chi connectivity index (χ1) is 10.0. The summed E-state index contributed by atoms with van der Waals surface area (Å²) >= 11 is 0. The summed E-state index contributed by atoms with van der Waals surface area (Å²) in [7, 11) is 0. The Bertz CT molecular complexity index is 651. The van der Waals surface area contributed by atoms with E-state index in [0.717, 1.165) is 12.1 Å². The van der Waals surface area contributed by atoms with Crippen LogP contribution in [0.2, 0.25) is 0 Å². The summed E-state index contributed by atoms with van der Waals surface area (Å²) in [6.45, 7) is 6.97. The van der Waals surface area contributed by atoms with Gasteiger partial charge in [-0.1, -0.05) is 35.9 Å². The van der Waals surface area contributed by atoms with Crippen LogP contribution < -0.4 is 11.1 Å². The molecule has 2 aromatic rings. The summed E-state index contributed by atoms with van der Waals surface area (Å²) in [5.41, 5.74) is 12.0. The largest absolute Gasteiger partial charge is 0.370 e. The molecule has 22 heavy (non-hydrogen) atoms. The number of aliphatic imine (C=N–C) groups is 1. The number of aryl methyl sites for hydroxylation is 3. The molecule has 118 valence electrons. The lowest BCUT2D eigenvalue weighted by atomic mass is 10.1. The molecule has 0 fully saturated rings. The zero-order valence-corrected chi connectivity index (χ0v) is 15.7. The minimum absolute atomic E-state index is 0. The Balaban J connectivity index is 0.00000242. The van der Waals surface area contributed by atoms with Gasteiger partial charge in [-0.25, -0.2) is 0 Å². The molecule has 0 atom stereocenters. The number of guanidine groups is 1. The molecule has 0 aromatic heterocycles. The smallest absolute Gasteiger partial charge is 0.193 e. The monoisotopic (exact) mass is 409 g/mol. The number of nitrogens with two attached hydrogens (primary N) is 1. The zero-order chi connectivity index (χ0) is 15.2. The molecular formula is C18H24IN3. The summed E-state index contributed by atoms with van der Waals surface area (Å²) < 4.78 is 0. The minimum atomic E-state index is 0. The molecule has 3 N–H and O–H groups in total. The molecule has 0 saturated carbocycles. The van der Waals surface area contributed by atoms with Crippen molar-refractivity contribution in [1.29, 1.82) is 0 Å². The van der Waals surface area contributed by atoms with Crippen molar-refractivity contribution in [2.24, 2.45) is 10.7 Å². The van der Waals surface area contributed by atoms with E-state index in [0.29, 0.717) is 12.5 Å². The summed E-state index contributed by atoms with van der Waals surface area (Å²) in [6, 6.07) is 14.7. The summed E-state index contributed by atoms with van der Waals surface area (Å²) in [5.74, 6) is 0.464. The number of hydrogen-bond acceptors (Lipinski definition) is 1. The molecule has 4 heteroatoms. The Morgan fingerprint density at radius 1 is 1.05 bits per heavy atom. The number of hydrogen-bond donors (Lipinski definition) is 2. The average molecular weight is 409 g/mol. The van der Waals surface area contributed by atoms with Gasteiger partial charge < -0.3 is 11.1 Å². The predicted molar refractivity (Wildman–Crippen MR) is 106 cm³/mol. The Morgan fingerprint density at radius 2 is 1.82 bits per heavy atom. The second kappa shape index (κ2) is 8.78. The van der Waals surface area contributed by atoms with Gasteiger partial charge in [-0.05, 0) is 56.0 Å². The van der Waals surface area contributed by atoms with Crippen LogP contribution in [-0.4, -0.2) is 12.5 Å². The van der Waals surface area contributed by atoms with Gasteiger partial charge in [0.15, 0.2) is 5.96 Å². The van der Waals surface area contributed by atoms with Gasteiger partial charge in [-0.2, -0.15) is 0 Å². The maximum atomic E-state index is 5.93. The predicted octanol–water partition coefficient (Wildman–Crippen LogP) is 4.20. The van der Waals surface area contributed by atoms with Crippen molar-refractivity contribution in [2.45, 2.75) is 27.2 Å². The SMILES string of the molecule is Cc1cccc(CCN=C(N)Nc2ccc(C)c(C)c2)c1.I. The number of rotatable bonds is 4. The van der Waals surface area contributed by atoms with Crippen LogP contribution in [-0.2, 0) is 6.42 Å². The van der Waals surface area contributed by atoms with Gasteiger partial charge >= 0.3 is 0 Å². The van der Waals surface area contributed by atoms with Gasteiger partial charge in [0.1, 0.15) is 0 Å². The fraction of sp³-hybridized carbons (Fsp3) is 0.278. The third kappa shape index (κ3) is 5.67. The van der Waals surface area contributed by atoms with Crippen LogP contribution in [0.25, 0.3) is 0 Å². The fourth-order valence-electron chi connectivity index (χ4n) is 2.18. The van der Waals surface area contributed by atoms with Crippen LogP contribution in [0, 0.1) is 20.8 Å². The molecule has 2 aromatic carbocycles. The van der Waals surface area contributed by atoms with E-state index in [9.17, 15) is 0 Å². The number of anilines is 1. The van der Waals surface area contributed by atoms with Crippen molar-refractivity contribution in [1.82, 2.24) is 0 Å². The highest BCUT2D eigenvalue weighted by molar-refractivity contribution is 14.0. The molecule has 0 spiro atoms. The first kappa shape index (κ1) is 18.5. The second-order valence-corrected chi connectivity index (χ2v) is 5.43. The van der Waals surface area contributed by atoms with Crippen LogP contribution >= 0.6 is 24.0 Å². The van der Waals surface area contributed by atoms with E-state index >= 15 is 0 Å². The minimum Gasteiger partial charge on any atom is -0.370 e. The van der Waals surface area contributed by atoms with Gasteiger partial charge in [0, 0.05) is 12.2 Å². The normalized spacial score (nSPS) is 11.0.